The molecule has 0 fully saturated rings. The number of aliphatic hydroxyl groups excluding tert-OH is 1. The van der Waals surface area contributed by atoms with Crippen LogP contribution in [-0.2, 0) is 24.9 Å². The van der Waals surface area contributed by atoms with Crippen molar-refractivity contribution in [1.82, 2.24) is 4.98 Å². The molecule has 3 aromatic rings. The van der Waals surface area contributed by atoms with E-state index < -0.39 is 0 Å². The molecule has 0 aliphatic carbocycles. The molecule has 0 spiro atoms. The van der Waals surface area contributed by atoms with Gasteiger partial charge in [-0.05, 0) is 43.5 Å². The van der Waals surface area contributed by atoms with Crippen molar-refractivity contribution in [3.63, 3.8) is 0 Å². The number of aryl methyl sites for hydroxylation is 2. The first-order valence-corrected chi connectivity index (χ1v) is 8.09. The molecule has 3 rings (SSSR count). The van der Waals surface area contributed by atoms with Gasteiger partial charge >= 0.3 is 0 Å². The number of carbonyl (C=O) groups is 1. The van der Waals surface area contributed by atoms with E-state index in [0.29, 0.717) is 0 Å². The van der Waals surface area contributed by atoms with Crippen molar-refractivity contribution in [3.05, 3.63) is 77.6 Å². The number of rotatable bonds is 2. The first-order chi connectivity index (χ1) is 11.8. The van der Waals surface area contributed by atoms with Crippen LogP contribution in [0.25, 0.3) is 22.2 Å². The third kappa shape index (κ3) is 6.55. The molecule has 0 saturated carbocycles. The largest absolute Gasteiger partial charge is 0.512 e. The van der Waals surface area contributed by atoms with E-state index in [4.69, 9.17) is 10.1 Å². The molecule has 137 valence electrons. The number of nitrogens with zero attached hydrogens (tertiary/aromatic N) is 1. The summed E-state index contributed by atoms with van der Waals surface area (Å²) < 4.78 is 0. The van der Waals surface area contributed by atoms with Gasteiger partial charge in [0.2, 0.25) is 0 Å². The van der Waals surface area contributed by atoms with Gasteiger partial charge in [-0.2, -0.15) is 0 Å². The molecule has 1 heterocycles. The van der Waals surface area contributed by atoms with E-state index in [1.54, 1.807) is 0 Å². The first-order valence-electron chi connectivity index (χ1n) is 8.09. The van der Waals surface area contributed by atoms with E-state index >= 15 is 0 Å². The van der Waals surface area contributed by atoms with Gasteiger partial charge in [-0.15, -0.1) is 35.4 Å². The number of benzene rings is 2. The predicted octanol–water partition coefficient (Wildman–Crippen LogP) is 5.35. The van der Waals surface area contributed by atoms with Crippen molar-refractivity contribution < 1.29 is 30.0 Å². The van der Waals surface area contributed by atoms with E-state index in [2.05, 4.69) is 62.4 Å². The Balaban J connectivity index is 0.000000366. The van der Waals surface area contributed by atoms with Crippen molar-refractivity contribution in [2.75, 3.05) is 0 Å². The van der Waals surface area contributed by atoms with E-state index in [0.717, 1.165) is 16.8 Å². The molecule has 4 heteroatoms. The Hall–Kier alpha value is -2.29. The maximum absolute atomic E-state index is 10.0. The van der Waals surface area contributed by atoms with Crippen molar-refractivity contribution in [2.45, 2.75) is 27.7 Å². The van der Waals surface area contributed by atoms with Crippen LogP contribution < -0.4 is 0 Å². The topological polar surface area (TPSA) is 50.2 Å². The van der Waals surface area contributed by atoms with Gasteiger partial charge in [0.05, 0.1) is 11.3 Å². The van der Waals surface area contributed by atoms with Crippen LogP contribution in [0.2, 0.25) is 0 Å². The number of fused-ring (bicyclic) bond motifs is 1. The Bertz CT molecular complexity index is 928. The fourth-order valence-corrected chi connectivity index (χ4v) is 2.40. The molecule has 0 unspecified atom stereocenters. The van der Waals surface area contributed by atoms with Crippen LogP contribution in [-0.4, -0.2) is 15.9 Å². The van der Waals surface area contributed by atoms with E-state index in [1.165, 1.54) is 36.4 Å². The zero-order valence-electron chi connectivity index (χ0n) is 15.3. The Morgan fingerprint density at radius 2 is 1.69 bits per heavy atom. The molecule has 0 atom stereocenters. The SMILES string of the molecule is CC(=O)C=C(C)O.Cc1cc[c-]c(-c2ccc3ccc(C)cc3n2)c1.[Ir]. The Morgan fingerprint density at radius 3 is 2.27 bits per heavy atom. The van der Waals surface area contributed by atoms with Crippen LogP contribution in [0.5, 0.6) is 0 Å². The van der Waals surface area contributed by atoms with Gasteiger partial charge in [-0.25, -0.2) is 0 Å². The number of aliphatic hydroxyl groups is 1. The van der Waals surface area contributed by atoms with Gasteiger partial charge in [-0.1, -0.05) is 31.2 Å². The van der Waals surface area contributed by atoms with Crippen molar-refractivity contribution in [1.29, 1.82) is 0 Å². The van der Waals surface area contributed by atoms with Crippen molar-refractivity contribution in [2.24, 2.45) is 0 Å². The Labute approximate surface area is 168 Å². The van der Waals surface area contributed by atoms with Crippen LogP contribution in [0.3, 0.4) is 0 Å². The van der Waals surface area contributed by atoms with Crippen LogP contribution >= 0.6 is 0 Å². The number of ketones is 1. The van der Waals surface area contributed by atoms with Crippen LogP contribution in [0.4, 0.5) is 0 Å². The minimum absolute atomic E-state index is 0. The Morgan fingerprint density at radius 1 is 1.04 bits per heavy atom. The van der Waals surface area contributed by atoms with Crippen LogP contribution in [0, 0.1) is 19.9 Å². The summed E-state index contributed by atoms with van der Waals surface area (Å²) in [5, 5.41) is 9.54. The van der Waals surface area contributed by atoms with Crippen molar-refractivity contribution in [3.8, 4) is 11.3 Å². The maximum atomic E-state index is 10.0. The normalized spacial score (nSPS) is 10.5. The summed E-state index contributed by atoms with van der Waals surface area (Å²) in [7, 11) is 0. The zero-order chi connectivity index (χ0) is 18.4. The van der Waals surface area contributed by atoms with Crippen molar-refractivity contribution >= 4 is 16.7 Å². The summed E-state index contributed by atoms with van der Waals surface area (Å²) in [5.74, 6) is -0.0625. The van der Waals surface area contributed by atoms with E-state index in [1.807, 2.05) is 6.07 Å². The second kappa shape index (κ2) is 10.0. The minimum Gasteiger partial charge on any atom is -0.512 e. The zero-order valence-corrected chi connectivity index (χ0v) is 17.7. The maximum Gasteiger partial charge on any atom is 0.155 e. The smallest absolute Gasteiger partial charge is 0.155 e. The third-order valence-electron chi connectivity index (χ3n) is 3.49. The predicted molar refractivity (Wildman–Crippen MR) is 103 cm³/mol. The van der Waals surface area contributed by atoms with Gasteiger partial charge in [0.1, 0.15) is 0 Å². The number of allylic oxidation sites excluding steroid dienone is 2. The number of pyridine rings is 1. The molecule has 0 bridgehead atoms. The van der Waals surface area contributed by atoms with Gasteiger partial charge in [-0.3, -0.25) is 9.78 Å². The fraction of sp³-hybridized carbons (Fsp3) is 0.182. The molecule has 0 aliphatic heterocycles. The number of aromatic nitrogens is 1. The van der Waals surface area contributed by atoms with Crippen LogP contribution in [0.1, 0.15) is 25.0 Å². The number of carbonyl (C=O) groups excluding carboxylic acids is 1. The van der Waals surface area contributed by atoms with E-state index in [-0.39, 0.29) is 31.6 Å². The van der Waals surface area contributed by atoms with E-state index in [9.17, 15) is 4.79 Å². The monoisotopic (exact) mass is 525 g/mol. The first kappa shape index (κ1) is 21.8. The molecule has 1 radical (unpaired) electrons. The van der Waals surface area contributed by atoms with Gasteiger partial charge < -0.3 is 5.11 Å². The molecule has 1 aromatic heterocycles. The molecule has 0 saturated heterocycles. The summed E-state index contributed by atoms with van der Waals surface area (Å²) in [6.45, 7) is 7.02. The second-order valence-corrected chi connectivity index (χ2v) is 6.07. The molecule has 2 aromatic carbocycles. The van der Waals surface area contributed by atoms with Gasteiger partial charge in [0.15, 0.2) is 5.78 Å². The summed E-state index contributed by atoms with van der Waals surface area (Å²) in [6, 6.07) is 19.9. The second-order valence-electron chi connectivity index (χ2n) is 6.07. The molecular weight excluding hydrogens is 502 g/mol. The van der Waals surface area contributed by atoms with Gasteiger partial charge in [0, 0.05) is 26.2 Å². The molecule has 1 N–H and O–H groups in total. The number of hydrogen-bond donors (Lipinski definition) is 1. The fourth-order valence-electron chi connectivity index (χ4n) is 2.40. The number of hydrogen-bond acceptors (Lipinski definition) is 3. The molecule has 0 aliphatic rings. The summed E-state index contributed by atoms with van der Waals surface area (Å²) in [6.07, 6.45) is 1.17. The average molecular weight is 525 g/mol. The summed E-state index contributed by atoms with van der Waals surface area (Å²) in [5.41, 5.74) is 5.55. The average Bonchev–Trinajstić information content (AvgIpc) is 2.53. The molecular formula is C22H22IrNO2-. The molecule has 3 nitrogen and oxygen atoms in total. The van der Waals surface area contributed by atoms with Gasteiger partial charge in [0.25, 0.3) is 0 Å². The standard InChI is InChI=1S/C17H14N.C5H8O2.Ir/c1-12-4-3-5-15(10-12)16-9-8-14-7-6-13(2)11-17(14)18-16;1-4(6)3-5(2)7;/h3-4,6-11H,1-2H3;3,6H,1-2H3;/q-1;;. The molecule has 0 amide bonds. The molecule has 26 heavy (non-hydrogen) atoms. The summed E-state index contributed by atoms with van der Waals surface area (Å²) >= 11 is 0. The minimum atomic E-state index is -0.125. The third-order valence-corrected chi connectivity index (χ3v) is 3.49. The van der Waals surface area contributed by atoms with Crippen LogP contribution in [0.15, 0.2) is 60.4 Å². The quantitative estimate of drug-likeness (QED) is 0.279. The Kier molecular flexibility index (Phi) is 8.37. The summed E-state index contributed by atoms with van der Waals surface area (Å²) in [4.78, 5) is 14.7.